The molecule has 28 heavy (non-hydrogen) atoms. The van der Waals surface area contributed by atoms with Gasteiger partial charge < -0.3 is 19.5 Å². The van der Waals surface area contributed by atoms with Crippen molar-refractivity contribution < 1.29 is 40.6 Å². The van der Waals surface area contributed by atoms with Crippen LogP contribution in [0.2, 0.25) is 0 Å². The van der Waals surface area contributed by atoms with Crippen LogP contribution in [-0.4, -0.2) is 31.9 Å². The smallest absolute Gasteiger partial charge is 0.484 e. The van der Waals surface area contributed by atoms with E-state index in [-0.39, 0.29) is 35.4 Å². The van der Waals surface area contributed by atoms with Crippen molar-refractivity contribution in [1.82, 2.24) is 5.32 Å². The normalized spacial score (nSPS) is 14.6. The van der Waals surface area contributed by atoms with Crippen LogP contribution in [0.1, 0.15) is 0 Å². The van der Waals surface area contributed by atoms with Gasteiger partial charge in [0.25, 0.3) is 0 Å². The molecule has 0 unspecified atom stereocenters. The zero-order chi connectivity index (χ0) is 19.7. The van der Waals surface area contributed by atoms with Crippen molar-refractivity contribution in [1.29, 1.82) is 0 Å². The van der Waals surface area contributed by atoms with E-state index in [1.807, 2.05) is 0 Å². The van der Waals surface area contributed by atoms with Crippen LogP contribution in [0.15, 0.2) is 42.5 Å². The molecule has 0 aliphatic carbocycles. The zero-order valence-electron chi connectivity index (χ0n) is 13.9. The van der Waals surface area contributed by atoms with Gasteiger partial charge in [-0.3, -0.25) is 0 Å². The monoisotopic (exact) mass is 429 g/mol. The zero-order valence-corrected chi connectivity index (χ0v) is 14.8. The van der Waals surface area contributed by atoms with E-state index in [1.165, 1.54) is 30.3 Å². The molecule has 1 aliphatic rings. The summed E-state index contributed by atoms with van der Waals surface area (Å²) in [4.78, 5) is 0. The lowest BCUT2D eigenvalue weighted by atomic mass is 10.0. The number of rotatable bonds is 5. The molecule has 2 aromatic rings. The highest BCUT2D eigenvalue weighted by Crippen LogP contribution is 2.40. The van der Waals surface area contributed by atoms with Gasteiger partial charge in [-0.15, -0.1) is 38.7 Å². The summed E-state index contributed by atoms with van der Waals surface area (Å²) >= 11 is 0. The minimum Gasteiger partial charge on any atom is -0.484 e. The highest BCUT2D eigenvalue weighted by Gasteiger charge is 2.34. The predicted molar refractivity (Wildman–Crippen MR) is 89.8 cm³/mol. The molecular weight excluding hydrogens is 416 g/mol. The molecule has 1 heterocycles. The average Bonchev–Trinajstić information content (AvgIpc) is 2.49. The lowest BCUT2D eigenvalue weighted by molar-refractivity contribution is -0.275. The van der Waals surface area contributed by atoms with Crippen LogP contribution >= 0.6 is 12.4 Å². The third-order valence-corrected chi connectivity index (χ3v) is 3.63. The van der Waals surface area contributed by atoms with Crippen molar-refractivity contribution in [2.45, 2.75) is 18.8 Å². The van der Waals surface area contributed by atoms with Gasteiger partial charge in [-0.2, -0.15) is 0 Å². The Morgan fingerprint density at radius 2 is 1.39 bits per heavy atom. The minimum absolute atomic E-state index is 0. The van der Waals surface area contributed by atoms with Crippen LogP contribution < -0.4 is 19.5 Å². The average molecular weight is 430 g/mol. The fraction of sp³-hybridized carbons (Fsp3) is 0.294. The first-order valence-electron chi connectivity index (χ1n) is 7.73. The van der Waals surface area contributed by atoms with Gasteiger partial charge in [0.2, 0.25) is 0 Å². The fourth-order valence-electron chi connectivity index (χ4n) is 2.42. The standard InChI is InChI=1S/C17H13F6NO3.ClH/c18-16(19,20)26-13-4-2-1-3-12(13)10-5-6-14(25-11-8-24-9-11)15(7-10)27-17(21,22)23;/h1-7,11,24H,8-9H2;1H. The maximum absolute atomic E-state index is 12.7. The van der Waals surface area contributed by atoms with Crippen molar-refractivity contribution >= 4 is 12.4 Å². The first-order chi connectivity index (χ1) is 12.6. The van der Waals surface area contributed by atoms with Crippen molar-refractivity contribution in [2.24, 2.45) is 0 Å². The van der Waals surface area contributed by atoms with E-state index in [0.717, 1.165) is 12.1 Å². The molecule has 1 saturated heterocycles. The second-order valence-corrected chi connectivity index (χ2v) is 5.65. The molecule has 154 valence electrons. The Morgan fingerprint density at radius 1 is 0.786 bits per heavy atom. The van der Waals surface area contributed by atoms with E-state index in [0.29, 0.717) is 13.1 Å². The van der Waals surface area contributed by atoms with E-state index < -0.39 is 24.2 Å². The maximum Gasteiger partial charge on any atom is 0.573 e. The van der Waals surface area contributed by atoms with Crippen LogP contribution in [-0.2, 0) is 0 Å². The third kappa shape index (κ3) is 5.83. The highest BCUT2D eigenvalue weighted by atomic mass is 35.5. The largest absolute Gasteiger partial charge is 0.573 e. The molecule has 4 nitrogen and oxygen atoms in total. The quantitative estimate of drug-likeness (QED) is 0.685. The number of hydrogen-bond donors (Lipinski definition) is 1. The van der Waals surface area contributed by atoms with Gasteiger partial charge in [0.05, 0.1) is 0 Å². The molecule has 0 spiro atoms. The second-order valence-electron chi connectivity index (χ2n) is 5.65. The first kappa shape index (κ1) is 22.0. The number of halogens is 7. The molecule has 0 radical (unpaired) electrons. The van der Waals surface area contributed by atoms with Crippen molar-refractivity contribution in [3.8, 4) is 28.4 Å². The van der Waals surface area contributed by atoms with Crippen LogP contribution in [0, 0.1) is 0 Å². The van der Waals surface area contributed by atoms with Crippen LogP contribution in [0.4, 0.5) is 26.3 Å². The van der Waals surface area contributed by atoms with Crippen molar-refractivity contribution in [3.63, 3.8) is 0 Å². The number of ether oxygens (including phenoxy) is 3. The van der Waals surface area contributed by atoms with Crippen LogP contribution in [0.5, 0.6) is 17.2 Å². The van der Waals surface area contributed by atoms with E-state index in [2.05, 4.69) is 14.8 Å². The molecular formula is C17H14ClF6NO3. The van der Waals surface area contributed by atoms with Gasteiger partial charge in [0.15, 0.2) is 11.5 Å². The molecule has 1 N–H and O–H groups in total. The molecule has 3 rings (SSSR count). The maximum atomic E-state index is 12.7. The molecule has 11 heteroatoms. The van der Waals surface area contributed by atoms with Gasteiger partial charge >= 0.3 is 12.7 Å². The van der Waals surface area contributed by atoms with E-state index >= 15 is 0 Å². The van der Waals surface area contributed by atoms with E-state index in [4.69, 9.17) is 4.74 Å². The predicted octanol–water partition coefficient (Wildman–Crippen LogP) is 4.92. The lowest BCUT2D eigenvalue weighted by Gasteiger charge is -2.28. The van der Waals surface area contributed by atoms with Gasteiger partial charge in [-0.25, -0.2) is 0 Å². The summed E-state index contributed by atoms with van der Waals surface area (Å²) in [6, 6.07) is 8.64. The highest BCUT2D eigenvalue weighted by molar-refractivity contribution is 5.85. The molecule has 0 bridgehead atoms. The summed E-state index contributed by atoms with van der Waals surface area (Å²) in [6.45, 7) is 0.935. The summed E-state index contributed by atoms with van der Waals surface area (Å²) in [7, 11) is 0. The summed E-state index contributed by atoms with van der Waals surface area (Å²) in [5, 5.41) is 2.90. The summed E-state index contributed by atoms with van der Waals surface area (Å²) in [5.41, 5.74) is 0.00638. The van der Waals surface area contributed by atoms with E-state index in [1.54, 1.807) is 0 Å². The number of alkyl halides is 6. The molecule has 2 aromatic carbocycles. The van der Waals surface area contributed by atoms with Crippen molar-refractivity contribution in [3.05, 3.63) is 42.5 Å². The minimum atomic E-state index is -4.99. The molecule has 0 atom stereocenters. The Hall–Kier alpha value is -2.33. The van der Waals surface area contributed by atoms with Crippen LogP contribution in [0.3, 0.4) is 0 Å². The Morgan fingerprint density at radius 3 is 1.96 bits per heavy atom. The molecule has 1 aliphatic heterocycles. The van der Waals surface area contributed by atoms with Gasteiger partial charge in [0.1, 0.15) is 11.9 Å². The Bertz CT molecular complexity index is 808. The van der Waals surface area contributed by atoms with Crippen molar-refractivity contribution in [2.75, 3.05) is 13.1 Å². The Balaban J connectivity index is 0.00000280. The van der Waals surface area contributed by atoms with Gasteiger partial charge in [-0.1, -0.05) is 24.3 Å². The molecule has 0 aromatic heterocycles. The summed E-state index contributed by atoms with van der Waals surface area (Å²) < 4.78 is 89.3. The Labute approximate surface area is 161 Å². The lowest BCUT2D eigenvalue weighted by Crippen LogP contribution is -2.50. The number of nitrogens with one attached hydrogen (secondary N) is 1. The van der Waals surface area contributed by atoms with E-state index in [9.17, 15) is 26.3 Å². The number of benzene rings is 2. The Kier molecular flexibility index (Phi) is 6.56. The first-order valence-corrected chi connectivity index (χ1v) is 7.73. The number of hydrogen-bond acceptors (Lipinski definition) is 4. The number of para-hydroxylation sites is 1. The fourth-order valence-corrected chi connectivity index (χ4v) is 2.42. The summed E-state index contributed by atoms with van der Waals surface area (Å²) in [5.74, 6) is -1.34. The summed E-state index contributed by atoms with van der Waals surface area (Å²) in [6.07, 6.45) is -10.2. The second kappa shape index (κ2) is 8.36. The third-order valence-electron chi connectivity index (χ3n) is 3.63. The topological polar surface area (TPSA) is 39.7 Å². The van der Waals surface area contributed by atoms with Crippen LogP contribution in [0.25, 0.3) is 11.1 Å². The molecule has 0 amide bonds. The molecule has 0 saturated carbocycles. The van der Waals surface area contributed by atoms with Gasteiger partial charge in [-0.05, 0) is 23.8 Å². The SMILES string of the molecule is Cl.FC(F)(F)Oc1cc(-c2ccccc2OC(F)(F)F)ccc1OC1CNC1. The molecule has 1 fully saturated rings. The van der Waals surface area contributed by atoms with Gasteiger partial charge in [0, 0.05) is 18.7 Å².